The molecule has 0 atom stereocenters. The van der Waals surface area contributed by atoms with Crippen molar-refractivity contribution in [2.24, 2.45) is 0 Å². The van der Waals surface area contributed by atoms with Gasteiger partial charge in [-0.2, -0.15) is 0 Å². The molecule has 0 bridgehead atoms. The lowest BCUT2D eigenvalue weighted by molar-refractivity contribution is -0.109. The Morgan fingerprint density at radius 1 is 1.53 bits per heavy atom. The van der Waals surface area contributed by atoms with Gasteiger partial charge in [0.05, 0.1) is 12.2 Å². The van der Waals surface area contributed by atoms with Crippen LogP contribution in [-0.4, -0.2) is 16.0 Å². The van der Waals surface area contributed by atoms with Crippen molar-refractivity contribution in [3.63, 3.8) is 0 Å². The second-order valence-corrected chi connectivity index (χ2v) is 4.64. The molecule has 0 spiro atoms. The molecule has 2 nitrogen and oxygen atoms in total. The summed E-state index contributed by atoms with van der Waals surface area (Å²) in [6, 6.07) is 4.46. The van der Waals surface area contributed by atoms with Gasteiger partial charge in [-0.05, 0) is 17.7 Å². The molecule has 0 radical (unpaired) electrons. The fourth-order valence-corrected chi connectivity index (χ4v) is 1.65. The molecule has 4 heteroatoms. The molecular formula is C13H13FO2S. The lowest BCUT2D eigenvalue weighted by Crippen LogP contribution is -1.89. The molecule has 0 saturated carbocycles. The van der Waals surface area contributed by atoms with Crippen LogP contribution >= 0.6 is 11.8 Å². The van der Waals surface area contributed by atoms with Crippen LogP contribution in [0.1, 0.15) is 24.5 Å². The predicted octanol–water partition coefficient (Wildman–Crippen LogP) is 2.34. The fraction of sp³-hybridized carbons (Fsp3) is 0.308. The summed E-state index contributed by atoms with van der Waals surface area (Å²) in [7, 11) is 0. The highest BCUT2D eigenvalue weighted by molar-refractivity contribution is 8.13. The van der Waals surface area contributed by atoms with Crippen LogP contribution in [0.5, 0.6) is 0 Å². The molecule has 0 aromatic heterocycles. The van der Waals surface area contributed by atoms with Crippen LogP contribution in [0.3, 0.4) is 0 Å². The van der Waals surface area contributed by atoms with Crippen LogP contribution in [0.4, 0.5) is 4.39 Å². The number of benzene rings is 1. The zero-order valence-corrected chi connectivity index (χ0v) is 10.3. The largest absolute Gasteiger partial charge is 0.392 e. The van der Waals surface area contributed by atoms with Crippen molar-refractivity contribution in [1.82, 2.24) is 0 Å². The number of carbonyl (C=O) groups excluding carboxylic acids is 1. The molecule has 17 heavy (non-hydrogen) atoms. The smallest absolute Gasteiger partial charge is 0.185 e. The van der Waals surface area contributed by atoms with Crippen LogP contribution < -0.4 is 0 Å². The number of carbonyl (C=O) groups is 1. The quantitative estimate of drug-likeness (QED) is 0.662. The maximum absolute atomic E-state index is 13.4. The topological polar surface area (TPSA) is 37.3 Å². The molecular weight excluding hydrogens is 239 g/mol. The summed E-state index contributed by atoms with van der Waals surface area (Å²) in [5, 5.41) is 8.87. The van der Waals surface area contributed by atoms with Crippen LogP contribution in [0.15, 0.2) is 18.2 Å². The van der Waals surface area contributed by atoms with Gasteiger partial charge in [0.2, 0.25) is 0 Å². The molecule has 0 unspecified atom stereocenters. The Morgan fingerprint density at radius 2 is 2.29 bits per heavy atom. The average Bonchev–Trinajstić information content (AvgIpc) is 2.30. The SMILES string of the molecule is CC(=O)SCCC#Cc1ccc(CO)cc1F. The van der Waals surface area contributed by atoms with Gasteiger partial charge in [-0.3, -0.25) is 4.79 Å². The third-order valence-corrected chi connectivity index (χ3v) is 2.79. The van der Waals surface area contributed by atoms with Crippen molar-refractivity contribution in [3.8, 4) is 11.8 Å². The first-order valence-corrected chi connectivity index (χ1v) is 6.13. The first-order chi connectivity index (χ1) is 8.13. The zero-order valence-electron chi connectivity index (χ0n) is 9.50. The maximum atomic E-state index is 13.4. The number of hydrogen-bond acceptors (Lipinski definition) is 3. The molecule has 1 rings (SSSR count). The molecule has 0 fully saturated rings. The number of rotatable bonds is 3. The van der Waals surface area contributed by atoms with E-state index in [1.807, 2.05) is 0 Å². The highest BCUT2D eigenvalue weighted by Gasteiger charge is 1.99. The highest BCUT2D eigenvalue weighted by Crippen LogP contribution is 2.09. The molecule has 0 heterocycles. The third kappa shape index (κ3) is 5.03. The Hall–Kier alpha value is -1.31. The standard InChI is InChI=1S/C13H13FO2S/c1-10(16)17-7-3-2-4-12-6-5-11(9-15)8-13(12)14/h5-6,8,15H,3,7,9H2,1H3. The van der Waals surface area contributed by atoms with Crippen molar-refractivity contribution < 1.29 is 14.3 Å². The molecule has 1 aromatic rings. The first-order valence-electron chi connectivity index (χ1n) is 5.15. The van der Waals surface area contributed by atoms with Gasteiger partial charge < -0.3 is 5.11 Å². The van der Waals surface area contributed by atoms with Crippen LogP contribution in [0, 0.1) is 17.7 Å². The van der Waals surface area contributed by atoms with Gasteiger partial charge in [-0.25, -0.2) is 4.39 Å². The summed E-state index contributed by atoms with van der Waals surface area (Å²) in [6.07, 6.45) is 0.547. The maximum Gasteiger partial charge on any atom is 0.185 e. The Labute approximate surface area is 104 Å². The van der Waals surface area contributed by atoms with E-state index in [1.54, 1.807) is 12.1 Å². The summed E-state index contributed by atoms with van der Waals surface area (Å²) in [6.45, 7) is 1.32. The van der Waals surface area contributed by atoms with Crippen LogP contribution in [-0.2, 0) is 11.4 Å². The van der Waals surface area contributed by atoms with Gasteiger partial charge in [0.25, 0.3) is 0 Å². The monoisotopic (exact) mass is 252 g/mol. The van der Waals surface area contributed by atoms with Crippen LogP contribution in [0.25, 0.3) is 0 Å². The van der Waals surface area contributed by atoms with Crippen molar-refractivity contribution in [3.05, 3.63) is 35.1 Å². The first kappa shape index (κ1) is 13.8. The second-order valence-electron chi connectivity index (χ2n) is 3.36. The minimum atomic E-state index is -0.428. The van der Waals surface area contributed by atoms with E-state index in [0.29, 0.717) is 23.3 Å². The second kappa shape index (κ2) is 7.10. The molecule has 0 amide bonds. The molecule has 1 aromatic carbocycles. The van der Waals surface area contributed by atoms with Gasteiger partial charge in [0, 0.05) is 19.1 Å². The Morgan fingerprint density at radius 3 is 2.88 bits per heavy atom. The van der Waals surface area contributed by atoms with E-state index in [2.05, 4.69) is 11.8 Å². The summed E-state index contributed by atoms with van der Waals surface area (Å²) in [5.74, 6) is 5.71. The molecule has 0 aliphatic carbocycles. The van der Waals surface area contributed by atoms with E-state index in [4.69, 9.17) is 5.11 Å². The summed E-state index contributed by atoms with van der Waals surface area (Å²) >= 11 is 1.21. The zero-order chi connectivity index (χ0) is 12.7. The van der Waals surface area contributed by atoms with Crippen molar-refractivity contribution in [2.45, 2.75) is 20.0 Å². The fourth-order valence-electron chi connectivity index (χ4n) is 1.16. The molecule has 0 aliphatic heterocycles. The molecule has 0 saturated heterocycles. The predicted molar refractivity (Wildman–Crippen MR) is 67.0 cm³/mol. The van der Waals surface area contributed by atoms with Gasteiger partial charge in [0.1, 0.15) is 5.82 Å². The van der Waals surface area contributed by atoms with Crippen molar-refractivity contribution in [2.75, 3.05) is 5.75 Å². The van der Waals surface area contributed by atoms with Crippen LogP contribution in [0.2, 0.25) is 0 Å². The number of aliphatic hydroxyl groups excluding tert-OH is 1. The Bertz CT molecular complexity index is 460. The van der Waals surface area contributed by atoms with E-state index >= 15 is 0 Å². The lowest BCUT2D eigenvalue weighted by Gasteiger charge is -1.98. The normalized spacial score (nSPS) is 9.59. The summed E-state index contributed by atoms with van der Waals surface area (Å²) < 4.78 is 13.4. The summed E-state index contributed by atoms with van der Waals surface area (Å²) in [4.78, 5) is 10.6. The minimum Gasteiger partial charge on any atom is -0.392 e. The van der Waals surface area contributed by atoms with Crippen molar-refractivity contribution in [1.29, 1.82) is 0 Å². The van der Waals surface area contributed by atoms with E-state index in [1.165, 1.54) is 24.8 Å². The average molecular weight is 252 g/mol. The van der Waals surface area contributed by atoms with Crippen molar-refractivity contribution >= 4 is 16.9 Å². The van der Waals surface area contributed by atoms with E-state index < -0.39 is 5.82 Å². The number of thioether (sulfide) groups is 1. The minimum absolute atomic E-state index is 0.0604. The Balaban J connectivity index is 2.57. The van der Waals surface area contributed by atoms with E-state index in [0.717, 1.165) is 0 Å². The number of hydrogen-bond donors (Lipinski definition) is 1. The highest BCUT2D eigenvalue weighted by atomic mass is 32.2. The Kier molecular flexibility index (Phi) is 5.75. The molecule has 1 N–H and O–H groups in total. The van der Waals surface area contributed by atoms with Gasteiger partial charge in [0.15, 0.2) is 5.12 Å². The molecule has 0 aliphatic rings. The third-order valence-electron chi connectivity index (χ3n) is 1.97. The summed E-state index contributed by atoms with van der Waals surface area (Å²) in [5.41, 5.74) is 0.843. The number of halogens is 1. The van der Waals surface area contributed by atoms with E-state index in [9.17, 15) is 9.18 Å². The van der Waals surface area contributed by atoms with Gasteiger partial charge in [-0.15, -0.1) is 0 Å². The lowest BCUT2D eigenvalue weighted by atomic mass is 10.1. The van der Waals surface area contributed by atoms with E-state index in [-0.39, 0.29) is 11.7 Å². The number of aliphatic hydroxyl groups is 1. The van der Waals surface area contributed by atoms with Gasteiger partial charge in [-0.1, -0.05) is 29.7 Å². The van der Waals surface area contributed by atoms with Gasteiger partial charge >= 0.3 is 0 Å². The molecule has 90 valence electrons.